The summed E-state index contributed by atoms with van der Waals surface area (Å²) >= 11 is 0. The molecule has 1 aromatic heterocycles. The zero-order valence-electron chi connectivity index (χ0n) is 16.7. The van der Waals surface area contributed by atoms with Crippen molar-refractivity contribution in [3.8, 4) is 11.5 Å². The molecule has 0 fully saturated rings. The van der Waals surface area contributed by atoms with E-state index in [0.717, 1.165) is 5.56 Å². The molecule has 1 amide bonds. The van der Waals surface area contributed by atoms with Crippen molar-refractivity contribution in [1.82, 2.24) is 5.32 Å². The van der Waals surface area contributed by atoms with Crippen LogP contribution >= 0.6 is 0 Å². The van der Waals surface area contributed by atoms with Gasteiger partial charge in [-0.2, -0.15) is 8.78 Å². The molecule has 0 saturated carbocycles. The lowest BCUT2D eigenvalue weighted by molar-refractivity contribution is -0.150. The molecular formula is C22H19F2NO7. The van der Waals surface area contributed by atoms with Gasteiger partial charge < -0.3 is 23.9 Å². The second kappa shape index (κ2) is 10.9. The summed E-state index contributed by atoms with van der Waals surface area (Å²) in [5, 5.41) is 3.28. The number of hydrogen-bond acceptors (Lipinski definition) is 7. The molecule has 10 heteroatoms. The molecule has 0 aliphatic carbocycles. The fraction of sp³-hybridized carbons (Fsp3) is 0.227. The van der Waals surface area contributed by atoms with Crippen LogP contribution in [0.2, 0.25) is 0 Å². The van der Waals surface area contributed by atoms with Gasteiger partial charge >= 0.3 is 18.2 Å². The number of amides is 1. The van der Waals surface area contributed by atoms with Crippen molar-refractivity contribution in [2.75, 3.05) is 19.8 Å². The summed E-state index contributed by atoms with van der Waals surface area (Å²) in [6.07, 6.45) is 0.454. The van der Waals surface area contributed by atoms with Crippen molar-refractivity contribution in [3.63, 3.8) is 0 Å². The van der Waals surface area contributed by atoms with Gasteiger partial charge in [-0.05, 0) is 42.3 Å². The Balaban J connectivity index is 1.35. The molecule has 0 spiro atoms. The van der Waals surface area contributed by atoms with Crippen LogP contribution in [-0.4, -0.2) is 38.2 Å². The lowest BCUT2D eigenvalue weighted by Gasteiger charge is -2.09. The monoisotopic (exact) mass is 447 g/mol. The third-order valence-corrected chi connectivity index (χ3v) is 4.20. The van der Waals surface area contributed by atoms with E-state index >= 15 is 0 Å². The van der Waals surface area contributed by atoms with Gasteiger partial charge in [-0.25, -0.2) is 9.59 Å². The van der Waals surface area contributed by atoms with E-state index in [0.29, 0.717) is 23.1 Å². The van der Waals surface area contributed by atoms with Crippen LogP contribution < -0.4 is 20.4 Å². The van der Waals surface area contributed by atoms with E-state index in [9.17, 15) is 23.2 Å². The molecule has 0 atom stereocenters. The quantitative estimate of drug-likeness (QED) is 0.376. The first-order chi connectivity index (χ1) is 15.4. The van der Waals surface area contributed by atoms with Crippen molar-refractivity contribution < 1.29 is 37.0 Å². The second-order valence-corrected chi connectivity index (χ2v) is 6.53. The van der Waals surface area contributed by atoms with Crippen LogP contribution in [0.4, 0.5) is 8.78 Å². The highest BCUT2D eigenvalue weighted by molar-refractivity contribution is 5.81. The zero-order valence-corrected chi connectivity index (χ0v) is 16.7. The normalized spacial score (nSPS) is 10.7. The average molecular weight is 447 g/mol. The maximum absolute atomic E-state index is 12.1. The molecule has 1 heterocycles. The first kappa shape index (κ1) is 22.7. The molecule has 0 saturated heterocycles. The van der Waals surface area contributed by atoms with E-state index in [4.69, 9.17) is 13.9 Å². The predicted octanol–water partition coefficient (Wildman–Crippen LogP) is 2.68. The number of fused-ring (bicyclic) bond motifs is 1. The lowest BCUT2D eigenvalue weighted by Crippen LogP contribution is -2.31. The molecule has 32 heavy (non-hydrogen) atoms. The van der Waals surface area contributed by atoms with E-state index in [1.807, 2.05) is 0 Å². The number of rotatable bonds is 10. The lowest BCUT2D eigenvalue weighted by atomic mass is 10.1. The summed E-state index contributed by atoms with van der Waals surface area (Å²) in [5.74, 6) is -0.888. The highest BCUT2D eigenvalue weighted by Gasteiger charge is 2.09. The Morgan fingerprint density at radius 1 is 0.969 bits per heavy atom. The molecule has 3 rings (SSSR count). The molecule has 0 radical (unpaired) electrons. The van der Waals surface area contributed by atoms with Gasteiger partial charge in [-0.15, -0.1) is 0 Å². The third kappa shape index (κ3) is 7.08. The van der Waals surface area contributed by atoms with Crippen molar-refractivity contribution in [1.29, 1.82) is 0 Å². The van der Waals surface area contributed by atoms with Crippen LogP contribution in [0.1, 0.15) is 5.56 Å². The van der Waals surface area contributed by atoms with Crippen LogP contribution in [-0.2, 0) is 20.7 Å². The number of halogens is 2. The summed E-state index contributed by atoms with van der Waals surface area (Å²) in [5.41, 5.74) is 0.625. The molecule has 1 N–H and O–H groups in total. The summed E-state index contributed by atoms with van der Waals surface area (Å²) in [6, 6.07) is 13.7. The van der Waals surface area contributed by atoms with Crippen molar-refractivity contribution >= 4 is 22.8 Å². The van der Waals surface area contributed by atoms with E-state index < -0.39 is 37.3 Å². The first-order valence-corrected chi connectivity index (χ1v) is 9.52. The maximum atomic E-state index is 12.1. The van der Waals surface area contributed by atoms with Gasteiger partial charge in [0.2, 0.25) is 0 Å². The average Bonchev–Trinajstić information content (AvgIpc) is 2.76. The topological polar surface area (TPSA) is 104 Å². The Labute approximate surface area is 180 Å². The minimum atomic E-state index is -2.89. The smallest absolute Gasteiger partial charge is 0.387 e. The minimum Gasteiger partial charge on any atom is -0.482 e. The molecule has 2 aromatic carbocycles. The minimum absolute atomic E-state index is 0.0511. The Morgan fingerprint density at radius 3 is 2.44 bits per heavy atom. The number of carbonyl (C=O) groups is 2. The van der Waals surface area contributed by atoms with Gasteiger partial charge in [0.25, 0.3) is 5.91 Å². The fourth-order valence-electron chi connectivity index (χ4n) is 2.70. The van der Waals surface area contributed by atoms with Gasteiger partial charge in [0.1, 0.15) is 17.1 Å². The number of hydrogen-bond donors (Lipinski definition) is 1. The largest absolute Gasteiger partial charge is 0.482 e. The summed E-state index contributed by atoms with van der Waals surface area (Å²) in [4.78, 5) is 34.8. The van der Waals surface area contributed by atoms with E-state index in [1.165, 1.54) is 24.3 Å². The van der Waals surface area contributed by atoms with Crippen LogP contribution in [0.15, 0.2) is 63.8 Å². The second-order valence-electron chi connectivity index (χ2n) is 6.53. The molecule has 0 unspecified atom stereocenters. The summed E-state index contributed by atoms with van der Waals surface area (Å²) in [6.45, 7) is -3.52. The van der Waals surface area contributed by atoms with E-state index in [1.54, 1.807) is 30.3 Å². The third-order valence-electron chi connectivity index (χ3n) is 4.20. The van der Waals surface area contributed by atoms with Crippen molar-refractivity contribution in [2.24, 2.45) is 0 Å². The van der Waals surface area contributed by atoms with E-state index in [2.05, 4.69) is 10.1 Å². The zero-order chi connectivity index (χ0) is 22.9. The number of ether oxygens (including phenoxy) is 3. The molecule has 3 aromatic rings. The molecule has 168 valence electrons. The van der Waals surface area contributed by atoms with Crippen molar-refractivity contribution in [3.05, 3.63) is 70.6 Å². The van der Waals surface area contributed by atoms with Crippen LogP contribution in [0, 0.1) is 0 Å². The van der Waals surface area contributed by atoms with Crippen LogP contribution in [0.25, 0.3) is 11.0 Å². The Hall–Kier alpha value is -3.95. The Kier molecular flexibility index (Phi) is 7.74. The van der Waals surface area contributed by atoms with Gasteiger partial charge in [0.15, 0.2) is 13.2 Å². The maximum Gasteiger partial charge on any atom is 0.387 e. The molecule has 0 aliphatic rings. The van der Waals surface area contributed by atoms with Crippen LogP contribution in [0.5, 0.6) is 11.5 Å². The first-order valence-electron chi connectivity index (χ1n) is 9.52. The Morgan fingerprint density at radius 2 is 1.69 bits per heavy atom. The van der Waals surface area contributed by atoms with Gasteiger partial charge in [-0.3, -0.25) is 4.79 Å². The van der Waals surface area contributed by atoms with Gasteiger partial charge in [0, 0.05) is 24.1 Å². The summed E-state index contributed by atoms with van der Waals surface area (Å²) < 4.78 is 43.7. The summed E-state index contributed by atoms with van der Waals surface area (Å²) in [7, 11) is 0. The number of carbonyl (C=O) groups excluding carboxylic acids is 2. The molecule has 0 bridgehead atoms. The van der Waals surface area contributed by atoms with E-state index in [-0.39, 0.29) is 12.3 Å². The van der Waals surface area contributed by atoms with Crippen LogP contribution in [0.3, 0.4) is 0 Å². The van der Waals surface area contributed by atoms with Gasteiger partial charge in [0.05, 0.1) is 0 Å². The number of alkyl halides is 2. The molecule has 8 nitrogen and oxygen atoms in total. The molecular weight excluding hydrogens is 428 g/mol. The number of benzene rings is 2. The highest BCUT2D eigenvalue weighted by atomic mass is 19.3. The predicted molar refractivity (Wildman–Crippen MR) is 109 cm³/mol. The molecule has 0 aliphatic heterocycles. The number of esters is 1. The van der Waals surface area contributed by atoms with Crippen molar-refractivity contribution in [2.45, 2.75) is 13.0 Å². The Bertz CT molecular complexity index is 1130. The SMILES string of the molecule is O=C(COC(=O)COc1ccc2ccc(=O)oc2c1)NCCc1ccc(OC(F)F)cc1. The fourth-order valence-corrected chi connectivity index (χ4v) is 2.70. The number of nitrogens with one attached hydrogen (secondary N) is 1. The standard InChI is InChI=1S/C22H19F2NO7/c23-22(24)31-16-5-1-14(2-6-16)9-10-25-19(26)12-30-21(28)13-29-17-7-3-15-4-8-20(27)32-18(15)11-17/h1-8,11,22H,9-10,12-13H2,(H,25,26). The van der Waals surface area contributed by atoms with Gasteiger partial charge in [-0.1, -0.05) is 12.1 Å². The highest BCUT2D eigenvalue weighted by Crippen LogP contribution is 2.19.